The van der Waals surface area contributed by atoms with Crippen LogP contribution in [0.5, 0.6) is 0 Å². The lowest BCUT2D eigenvalue weighted by atomic mass is 10.1. The fourth-order valence-corrected chi connectivity index (χ4v) is 1.48. The molecule has 0 aliphatic heterocycles. The molecule has 3 nitrogen and oxygen atoms in total. The number of rotatable bonds is 6. The molecule has 0 unspecified atom stereocenters. The summed E-state index contributed by atoms with van der Waals surface area (Å²) in [5.41, 5.74) is 1.81. The van der Waals surface area contributed by atoms with Gasteiger partial charge < -0.3 is 4.90 Å². The Morgan fingerprint density at radius 2 is 1.75 bits per heavy atom. The second-order valence-corrected chi connectivity index (χ2v) is 4.03. The van der Waals surface area contributed by atoms with Gasteiger partial charge in [0.05, 0.1) is 6.61 Å². The number of benzene rings is 1. The molecule has 1 aromatic carbocycles. The molecular formula is C13H18NO2. The molecule has 0 N–H and O–H groups in total. The van der Waals surface area contributed by atoms with E-state index in [1.807, 2.05) is 43.3 Å². The second kappa shape index (κ2) is 6.28. The first-order valence-electron chi connectivity index (χ1n) is 5.54. The van der Waals surface area contributed by atoms with Crippen LogP contribution in [0.4, 0.5) is 5.69 Å². The van der Waals surface area contributed by atoms with E-state index in [4.69, 9.17) is 0 Å². The van der Waals surface area contributed by atoms with Crippen LogP contribution in [0.25, 0.3) is 0 Å². The third-order valence-corrected chi connectivity index (χ3v) is 2.50. The maximum atomic E-state index is 11.7. The first-order valence-corrected chi connectivity index (χ1v) is 5.54. The van der Waals surface area contributed by atoms with E-state index in [-0.39, 0.29) is 12.4 Å². The van der Waals surface area contributed by atoms with Crippen LogP contribution < -0.4 is 4.90 Å². The molecular weight excluding hydrogens is 202 g/mol. The molecule has 0 spiro atoms. The van der Waals surface area contributed by atoms with E-state index < -0.39 is 0 Å². The number of nitrogens with zero attached hydrogens (tertiary/aromatic N) is 1. The number of hydrogen-bond donors (Lipinski definition) is 0. The van der Waals surface area contributed by atoms with Crippen molar-refractivity contribution in [3.05, 3.63) is 29.8 Å². The molecule has 0 aliphatic carbocycles. The fraction of sp³-hybridized carbons (Fsp3) is 0.462. The number of Topliss-reactive ketones (excluding diaryl/α,β-unsaturated/α-hetero) is 1. The summed E-state index contributed by atoms with van der Waals surface area (Å²) in [6, 6.07) is 7.55. The molecule has 0 saturated heterocycles. The zero-order valence-electron chi connectivity index (χ0n) is 9.90. The van der Waals surface area contributed by atoms with Gasteiger partial charge in [-0.1, -0.05) is 0 Å². The zero-order valence-corrected chi connectivity index (χ0v) is 9.90. The van der Waals surface area contributed by atoms with Crippen molar-refractivity contribution < 1.29 is 9.90 Å². The van der Waals surface area contributed by atoms with E-state index in [1.54, 1.807) is 0 Å². The third kappa shape index (κ3) is 3.66. The number of carbonyl (C=O) groups excluding carboxylic acids is 1. The SMILES string of the molecule is CN(C)c1ccc(C(=O)CCCC[O])cc1. The van der Waals surface area contributed by atoms with Crippen molar-refractivity contribution in [2.24, 2.45) is 0 Å². The van der Waals surface area contributed by atoms with Crippen molar-refractivity contribution in [2.45, 2.75) is 19.3 Å². The molecule has 1 rings (SSSR count). The lowest BCUT2D eigenvalue weighted by molar-refractivity contribution is 0.0974. The topological polar surface area (TPSA) is 40.2 Å². The Kier molecular flexibility index (Phi) is 4.99. The van der Waals surface area contributed by atoms with E-state index in [0.29, 0.717) is 19.3 Å². The summed E-state index contributed by atoms with van der Waals surface area (Å²) in [5.74, 6) is 0.124. The molecule has 0 heterocycles. The van der Waals surface area contributed by atoms with Gasteiger partial charge in [-0.05, 0) is 37.1 Å². The zero-order chi connectivity index (χ0) is 12.0. The average molecular weight is 220 g/mol. The maximum Gasteiger partial charge on any atom is 0.162 e. The van der Waals surface area contributed by atoms with Crippen LogP contribution in [0.1, 0.15) is 29.6 Å². The predicted octanol–water partition coefficient (Wildman–Crippen LogP) is 2.54. The summed E-state index contributed by atoms with van der Waals surface area (Å²) in [5, 5.41) is 10.3. The minimum atomic E-state index is -0.0904. The van der Waals surface area contributed by atoms with Crippen molar-refractivity contribution in [2.75, 3.05) is 25.6 Å². The van der Waals surface area contributed by atoms with Gasteiger partial charge in [0.1, 0.15) is 0 Å². The van der Waals surface area contributed by atoms with Gasteiger partial charge in [0.25, 0.3) is 0 Å². The average Bonchev–Trinajstić information content (AvgIpc) is 2.29. The highest BCUT2D eigenvalue weighted by Gasteiger charge is 2.05. The first-order chi connectivity index (χ1) is 7.65. The van der Waals surface area contributed by atoms with E-state index >= 15 is 0 Å². The molecule has 0 amide bonds. The standard InChI is InChI=1S/C13H18NO2/c1-14(2)12-8-6-11(7-9-12)13(16)5-3-4-10-15/h6-9H,3-5,10H2,1-2H3. The van der Waals surface area contributed by atoms with E-state index in [9.17, 15) is 9.90 Å². The molecule has 16 heavy (non-hydrogen) atoms. The van der Waals surface area contributed by atoms with Crippen molar-refractivity contribution in [1.29, 1.82) is 0 Å². The molecule has 1 radical (unpaired) electrons. The molecule has 0 atom stereocenters. The van der Waals surface area contributed by atoms with Gasteiger partial charge in [-0.2, -0.15) is 0 Å². The van der Waals surface area contributed by atoms with Crippen LogP contribution in [0.2, 0.25) is 0 Å². The van der Waals surface area contributed by atoms with Gasteiger partial charge >= 0.3 is 0 Å². The highest BCUT2D eigenvalue weighted by Crippen LogP contribution is 2.14. The van der Waals surface area contributed by atoms with Crippen molar-refractivity contribution in [1.82, 2.24) is 0 Å². The van der Waals surface area contributed by atoms with Crippen LogP contribution in [-0.4, -0.2) is 26.5 Å². The van der Waals surface area contributed by atoms with Crippen molar-refractivity contribution in [3.8, 4) is 0 Å². The van der Waals surface area contributed by atoms with Crippen LogP contribution in [0.15, 0.2) is 24.3 Å². The van der Waals surface area contributed by atoms with Gasteiger partial charge in [0.15, 0.2) is 5.78 Å². The van der Waals surface area contributed by atoms with Crippen molar-refractivity contribution >= 4 is 11.5 Å². The number of unbranched alkanes of at least 4 members (excludes halogenated alkanes) is 1. The Bertz CT molecular complexity index is 330. The van der Waals surface area contributed by atoms with Gasteiger partial charge in [-0.25, -0.2) is 5.11 Å². The molecule has 0 aromatic heterocycles. The summed E-state index contributed by atoms with van der Waals surface area (Å²) >= 11 is 0. The fourth-order valence-electron chi connectivity index (χ4n) is 1.48. The Balaban J connectivity index is 2.56. The molecule has 0 fully saturated rings. The first kappa shape index (κ1) is 12.7. The molecule has 1 aromatic rings. The van der Waals surface area contributed by atoms with E-state index in [2.05, 4.69) is 0 Å². The van der Waals surface area contributed by atoms with Crippen LogP contribution in [0, 0.1) is 0 Å². The number of anilines is 1. The number of carbonyl (C=O) groups is 1. The van der Waals surface area contributed by atoms with Gasteiger partial charge in [-0.3, -0.25) is 4.79 Å². The summed E-state index contributed by atoms with van der Waals surface area (Å²) in [4.78, 5) is 13.7. The molecule has 0 saturated carbocycles. The third-order valence-electron chi connectivity index (χ3n) is 2.50. The lowest BCUT2D eigenvalue weighted by Crippen LogP contribution is -2.08. The Labute approximate surface area is 96.7 Å². The van der Waals surface area contributed by atoms with E-state index in [1.165, 1.54) is 0 Å². The summed E-state index contributed by atoms with van der Waals surface area (Å²) < 4.78 is 0. The van der Waals surface area contributed by atoms with Gasteiger partial charge in [-0.15, -0.1) is 0 Å². The van der Waals surface area contributed by atoms with Crippen molar-refractivity contribution in [3.63, 3.8) is 0 Å². The normalized spacial score (nSPS) is 10.2. The lowest BCUT2D eigenvalue weighted by Gasteiger charge is -2.12. The minimum Gasteiger partial charge on any atom is -0.378 e. The predicted molar refractivity (Wildman–Crippen MR) is 64.5 cm³/mol. The molecule has 3 heteroatoms. The Morgan fingerprint density at radius 1 is 1.12 bits per heavy atom. The Hall–Kier alpha value is -1.35. The highest BCUT2D eigenvalue weighted by atomic mass is 16.2. The summed E-state index contributed by atoms with van der Waals surface area (Å²) in [7, 11) is 3.93. The van der Waals surface area contributed by atoms with Gasteiger partial charge in [0, 0.05) is 31.8 Å². The number of ketones is 1. The summed E-state index contributed by atoms with van der Waals surface area (Å²) in [6.07, 6.45) is 1.75. The maximum absolute atomic E-state index is 11.7. The smallest absolute Gasteiger partial charge is 0.162 e. The largest absolute Gasteiger partial charge is 0.378 e. The Morgan fingerprint density at radius 3 is 2.25 bits per heavy atom. The molecule has 87 valence electrons. The quantitative estimate of drug-likeness (QED) is 0.546. The van der Waals surface area contributed by atoms with Gasteiger partial charge in [0.2, 0.25) is 0 Å². The highest BCUT2D eigenvalue weighted by molar-refractivity contribution is 5.96. The second-order valence-electron chi connectivity index (χ2n) is 4.03. The number of hydrogen-bond acceptors (Lipinski definition) is 2. The van der Waals surface area contributed by atoms with Crippen LogP contribution in [0.3, 0.4) is 0 Å². The van der Waals surface area contributed by atoms with E-state index in [0.717, 1.165) is 11.3 Å². The minimum absolute atomic E-state index is 0.0904. The summed E-state index contributed by atoms with van der Waals surface area (Å²) in [6.45, 7) is -0.0904. The monoisotopic (exact) mass is 220 g/mol. The molecule has 0 bridgehead atoms. The van der Waals surface area contributed by atoms with Crippen LogP contribution >= 0.6 is 0 Å². The van der Waals surface area contributed by atoms with Crippen LogP contribution in [-0.2, 0) is 5.11 Å². The molecule has 0 aliphatic rings.